The Morgan fingerprint density at radius 2 is 1.69 bits per heavy atom. The molecule has 1 amide bonds. The van der Waals surface area contributed by atoms with Gasteiger partial charge in [0.15, 0.2) is 5.75 Å². The normalized spacial score (nSPS) is 13.1. The second-order valence-corrected chi connectivity index (χ2v) is 7.91. The van der Waals surface area contributed by atoms with Gasteiger partial charge < -0.3 is 10.1 Å². The summed E-state index contributed by atoms with van der Waals surface area (Å²) in [5, 5.41) is 3.56. The number of carbonyl (C=O) groups excluding carboxylic acids is 1. The Balaban J connectivity index is 1.33. The summed E-state index contributed by atoms with van der Waals surface area (Å²) in [4.78, 5) is 30.5. The van der Waals surface area contributed by atoms with Gasteiger partial charge in [0.25, 0.3) is 5.56 Å². The molecule has 32 heavy (non-hydrogen) atoms. The van der Waals surface area contributed by atoms with Crippen molar-refractivity contribution in [1.82, 2.24) is 9.55 Å². The highest BCUT2D eigenvalue weighted by molar-refractivity contribution is 5.92. The number of aromatic nitrogens is 2. The van der Waals surface area contributed by atoms with E-state index in [-0.39, 0.29) is 23.9 Å². The van der Waals surface area contributed by atoms with Crippen molar-refractivity contribution in [2.24, 2.45) is 0 Å². The van der Waals surface area contributed by atoms with Crippen LogP contribution < -0.4 is 15.6 Å². The number of anilines is 1. The van der Waals surface area contributed by atoms with Crippen LogP contribution in [0.3, 0.4) is 0 Å². The number of fused-ring (bicyclic) bond motifs is 1. The van der Waals surface area contributed by atoms with Crippen LogP contribution in [-0.2, 0) is 11.2 Å². The molecular formula is C26H23N3O3. The molecule has 1 fully saturated rings. The number of benzene rings is 3. The third-order valence-corrected chi connectivity index (χ3v) is 5.50. The predicted molar refractivity (Wildman–Crippen MR) is 124 cm³/mol. The number of nitrogens with one attached hydrogen (secondary N) is 1. The molecule has 0 bridgehead atoms. The van der Waals surface area contributed by atoms with Gasteiger partial charge in [0.05, 0.1) is 16.6 Å². The molecular weight excluding hydrogens is 402 g/mol. The molecule has 0 saturated heterocycles. The second-order valence-electron chi connectivity index (χ2n) is 7.91. The van der Waals surface area contributed by atoms with Crippen LogP contribution in [0.25, 0.3) is 10.9 Å². The number of hydrogen-bond acceptors (Lipinski definition) is 4. The average Bonchev–Trinajstić information content (AvgIpc) is 3.65. The van der Waals surface area contributed by atoms with E-state index in [4.69, 9.17) is 9.72 Å². The maximum atomic E-state index is 13.0. The van der Waals surface area contributed by atoms with E-state index in [2.05, 4.69) is 5.32 Å². The summed E-state index contributed by atoms with van der Waals surface area (Å²) in [6.45, 7) is 0. The third kappa shape index (κ3) is 4.25. The van der Waals surface area contributed by atoms with Crippen molar-refractivity contribution in [1.29, 1.82) is 0 Å². The largest absolute Gasteiger partial charge is 0.455 e. The van der Waals surface area contributed by atoms with E-state index in [0.29, 0.717) is 40.3 Å². The van der Waals surface area contributed by atoms with E-state index >= 15 is 0 Å². The lowest BCUT2D eigenvalue weighted by Gasteiger charge is -2.14. The molecule has 0 aliphatic heterocycles. The topological polar surface area (TPSA) is 73.2 Å². The van der Waals surface area contributed by atoms with Crippen molar-refractivity contribution >= 4 is 22.5 Å². The summed E-state index contributed by atoms with van der Waals surface area (Å²) in [5.41, 5.74) is 1.26. The lowest BCUT2D eigenvalue weighted by Crippen LogP contribution is -2.25. The Morgan fingerprint density at radius 3 is 2.50 bits per heavy atom. The highest BCUT2D eigenvalue weighted by Gasteiger charge is 2.28. The second kappa shape index (κ2) is 8.67. The minimum Gasteiger partial charge on any atom is -0.455 e. The average molecular weight is 425 g/mol. The van der Waals surface area contributed by atoms with Crippen LogP contribution in [0, 0.1) is 0 Å². The fraction of sp³-hybridized carbons (Fsp3) is 0.192. The Kier molecular flexibility index (Phi) is 5.42. The Labute approximate surface area is 185 Å². The first-order valence-electron chi connectivity index (χ1n) is 10.8. The molecule has 0 spiro atoms. The smallest absolute Gasteiger partial charge is 0.261 e. The van der Waals surface area contributed by atoms with Gasteiger partial charge in [0, 0.05) is 18.9 Å². The molecule has 6 heteroatoms. The van der Waals surface area contributed by atoms with E-state index in [1.807, 2.05) is 78.9 Å². The number of para-hydroxylation sites is 4. The molecule has 1 aromatic heterocycles. The number of nitrogens with zero attached hydrogens (tertiary/aromatic N) is 2. The first-order valence-corrected chi connectivity index (χ1v) is 10.8. The molecule has 0 unspecified atom stereocenters. The SMILES string of the molecule is O=C(CCc1nc2ccccc2c(=O)n1C1CC1)Nc1ccccc1Oc1ccccc1. The van der Waals surface area contributed by atoms with Crippen LogP contribution in [0.1, 0.15) is 31.1 Å². The highest BCUT2D eigenvalue weighted by Crippen LogP contribution is 2.35. The van der Waals surface area contributed by atoms with Gasteiger partial charge in [-0.25, -0.2) is 4.98 Å². The van der Waals surface area contributed by atoms with Crippen molar-refractivity contribution in [3.63, 3.8) is 0 Å². The van der Waals surface area contributed by atoms with E-state index < -0.39 is 0 Å². The Hall–Kier alpha value is -3.93. The number of hydrogen-bond donors (Lipinski definition) is 1. The number of amides is 1. The molecule has 1 aliphatic carbocycles. The number of ether oxygens (including phenoxy) is 1. The van der Waals surface area contributed by atoms with Crippen molar-refractivity contribution < 1.29 is 9.53 Å². The van der Waals surface area contributed by atoms with Gasteiger partial charge in [-0.2, -0.15) is 0 Å². The molecule has 0 atom stereocenters. The van der Waals surface area contributed by atoms with Crippen LogP contribution in [0.15, 0.2) is 83.7 Å². The zero-order valence-corrected chi connectivity index (χ0v) is 17.5. The summed E-state index contributed by atoms with van der Waals surface area (Å²) >= 11 is 0. The van der Waals surface area contributed by atoms with Crippen LogP contribution in [0.2, 0.25) is 0 Å². The first kappa shape index (κ1) is 20.0. The van der Waals surface area contributed by atoms with Gasteiger partial charge in [0.1, 0.15) is 11.6 Å². The lowest BCUT2D eigenvalue weighted by atomic mass is 10.2. The fourth-order valence-corrected chi connectivity index (χ4v) is 3.79. The number of carbonyl (C=O) groups is 1. The minimum atomic E-state index is -0.154. The summed E-state index contributed by atoms with van der Waals surface area (Å²) in [7, 11) is 0. The van der Waals surface area contributed by atoms with Gasteiger partial charge in [-0.15, -0.1) is 0 Å². The third-order valence-electron chi connectivity index (χ3n) is 5.50. The molecule has 1 aliphatic rings. The van der Waals surface area contributed by atoms with E-state index in [1.54, 1.807) is 4.57 Å². The molecule has 5 rings (SSSR count). The van der Waals surface area contributed by atoms with Gasteiger partial charge in [-0.05, 0) is 49.2 Å². The Bertz CT molecular complexity index is 1330. The quantitative estimate of drug-likeness (QED) is 0.447. The van der Waals surface area contributed by atoms with Gasteiger partial charge in [-0.1, -0.05) is 42.5 Å². The van der Waals surface area contributed by atoms with E-state index in [9.17, 15) is 9.59 Å². The van der Waals surface area contributed by atoms with Crippen LogP contribution >= 0.6 is 0 Å². The molecule has 160 valence electrons. The molecule has 1 heterocycles. The maximum absolute atomic E-state index is 13.0. The van der Waals surface area contributed by atoms with Crippen LogP contribution in [0.4, 0.5) is 5.69 Å². The molecule has 3 aromatic carbocycles. The lowest BCUT2D eigenvalue weighted by molar-refractivity contribution is -0.116. The summed E-state index contributed by atoms with van der Waals surface area (Å²) in [6.07, 6.45) is 2.56. The van der Waals surface area contributed by atoms with Crippen molar-refractivity contribution in [2.45, 2.75) is 31.7 Å². The summed E-state index contributed by atoms with van der Waals surface area (Å²) in [6, 6.07) is 24.3. The van der Waals surface area contributed by atoms with Crippen molar-refractivity contribution in [3.8, 4) is 11.5 Å². The minimum absolute atomic E-state index is 0.0184. The maximum Gasteiger partial charge on any atom is 0.261 e. The molecule has 4 aromatic rings. The number of aryl methyl sites for hydroxylation is 1. The predicted octanol–water partition coefficient (Wildman–Crippen LogP) is 5.10. The standard InChI is InChI=1S/C26H23N3O3/c30-25(28-22-12-6-7-13-23(22)32-19-8-2-1-3-9-19)17-16-24-27-21-11-5-4-10-20(21)26(31)29(24)18-14-15-18/h1-13,18H,14-17H2,(H,28,30). The zero-order chi connectivity index (χ0) is 21.9. The monoisotopic (exact) mass is 425 g/mol. The van der Waals surface area contributed by atoms with Gasteiger partial charge in [-0.3, -0.25) is 14.2 Å². The van der Waals surface area contributed by atoms with Gasteiger partial charge in [0.2, 0.25) is 5.91 Å². The number of rotatable bonds is 7. The summed E-state index contributed by atoms with van der Waals surface area (Å²) in [5.74, 6) is 1.79. The highest BCUT2D eigenvalue weighted by atomic mass is 16.5. The summed E-state index contributed by atoms with van der Waals surface area (Å²) < 4.78 is 7.70. The van der Waals surface area contributed by atoms with E-state index in [1.165, 1.54) is 0 Å². The van der Waals surface area contributed by atoms with Crippen molar-refractivity contribution in [3.05, 3.63) is 95.0 Å². The Morgan fingerprint density at radius 1 is 0.969 bits per heavy atom. The van der Waals surface area contributed by atoms with Crippen LogP contribution in [0.5, 0.6) is 11.5 Å². The van der Waals surface area contributed by atoms with E-state index in [0.717, 1.165) is 12.8 Å². The zero-order valence-electron chi connectivity index (χ0n) is 17.5. The van der Waals surface area contributed by atoms with Crippen molar-refractivity contribution in [2.75, 3.05) is 5.32 Å². The molecule has 1 N–H and O–H groups in total. The molecule has 6 nitrogen and oxygen atoms in total. The van der Waals surface area contributed by atoms with Crippen LogP contribution in [-0.4, -0.2) is 15.5 Å². The first-order chi connectivity index (χ1) is 15.7. The molecule has 0 radical (unpaired) electrons. The fourth-order valence-electron chi connectivity index (χ4n) is 3.79. The van der Waals surface area contributed by atoms with Gasteiger partial charge >= 0.3 is 0 Å². The molecule has 1 saturated carbocycles.